The number of hydrogen-bond donors (Lipinski definition) is 1. The number of benzene rings is 1. The first-order chi connectivity index (χ1) is 17.1. The van der Waals surface area contributed by atoms with Gasteiger partial charge in [-0.2, -0.15) is 0 Å². The second kappa shape index (κ2) is 11.8. The Labute approximate surface area is 206 Å². The summed E-state index contributed by atoms with van der Waals surface area (Å²) in [6, 6.07) is 10.5. The number of nitro groups is 3. The fourth-order valence-electron chi connectivity index (χ4n) is 4.71. The minimum Gasteiger partial charge on any atom is -0.462 e. The minimum absolute atomic E-state index is 0.00367. The Balaban J connectivity index is 0.000000214. The topological polar surface area (TPSA) is 189 Å². The molecule has 4 atom stereocenters. The number of nitrogens with zero attached hydrogens (tertiary/aromatic N) is 7. The Kier molecular flexibility index (Phi) is 8.76. The Morgan fingerprint density at radius 1 is 0.944 bits per heavy atom. The summed E-state index contributed by atoms with van der Waals surface area (Å²) in [5.74, 6) is -0.860. The van der Waals surface area contributed by atoms with Gasteiger partial charge in [-0.3, -0.25) is 4.79 Å². The molecule has 3 fully saturated rings. The average molecular weight is 511 g/mol. The molecular formula is C20H29N7O9. The fourth-order valence-corrected chi connectivity index (χ4v) is 4.71. The molecule has 0 saturated carbocycles. The summed E-state index contributed by atoms with van der Waals surface area (Å²) < 4.78 is 5.70. The highest BCUT2D eigenvalue weighted by Crippen LogP contribution is 2.36. The van der Waals surface area contributed by atoms with E-state index in [2.05, 4.69) is 11.9 Å². The molecule has 36 heavy (non-hydrogen) atoms. The molecule has 16 heteroatoms. The van der Waals surface area contributed by atoms with Crippen molar-refractivity contribution in [3.63, 3.8) is 0 Å². The van der Waals surface area contributed by atoms with Gasteiger partial charge in [0.15, 0.2) is 15.1 Å². The number of hydrazine groups is 3. The van der Waals surface area contributed by atoms with Gasteiger partial charge in [-0.1, -0.05) is 45.4 Å². The summed E-state index contributed by atoms with van der Waals surface area (Å²) in [6.07, 6.45) is 4.26. The van der Waals surface area contributed by atoms with E-state index in [-0.39, 0.29) is 18.7 Å². The van der Waals surface area contributed by atoms with Crippen molar-refractivity contribution in [2.75, 3.05) is 33.7 Å². The number of fused-ring (bicyclic) bond motifs is 2. The van der Waals surface area contributed by atoms with Crippen LogP contribution in [0.4, 0.5) is 0 Å². The smallest absolute Gasteiger partial charge is 0.316 e. The van der Waals surface area contributed by atoms with E-state index in [1.54, 1.807) is 0 Å². The van der Waals surface area contributed by atoms with Gasteiger partial charge in [0.2, 0.25) is 20.0 Å². The van der Waals surface area contributed by atoms with E-state index in [1.807, 2.05) is 30.3 Å². The van der Waals surface area contributed by atoms with Crippen molar-refractivity contribution in [1.82, 2.24) is 19.9 Å². The summed E-state index contributed by atoms with van der Waals surface area (Å²) in [4.78, 5) is 45.8. The van der Waals surface area contributed by atoms with Crippen LogP contribution in [-0.4, -0.2) is 97.9 Å². The third kappa shape index (κ3) is 6.45. The summed E-state index contributed by atoms with van der Waals surface area (Å²) in [5, 5.41) is 38.8. The number of piperidine rings is 1. The van der Waals surface area contributed by atoms with Gasteiger partial charge in [0.1, 0.15) is 12.0 Å². The maximum Gasteiger partial charge on any atom is 0.316 e. The van der Waals surface area contributed by atoms with Crippen molar-refractivity contribution in [3.8, 4) is 0 Å². The van der Waals surface area contributed by atoms with Crippen molar-refractivity contribution in [3.05, 3.63) is 66.2 Å². The van der Waals surface area contributed by atoms with E-state index in [9.17, 15) is 40.2 Å². The first-order valence-electron chi connectivity index (χ1n) is 11.4. The molecule has 2 bridgehead atoms. The molecule has 3 saturated heterocycles. The molecule has 1 aromatic rings. The molecular weight excluding hydrogens is 482 g/mol. The number of aliphatic hydroxyl groups is 1. The van der Waals surface area contributed by atoms with Crippen LogP contribution in [0.3, 0.4) is 0 Å². The maximum atomic E-state index is 12.4. The third-order valence-corrected chi connectivity index (χ3v) is 6.68. The van der Waals surface area contributed by atoms with Gasteiger partial charge in [-0.05, 0) is 38.3 Å². The lowest BCUT2D eigenvalue weighted by atomic mass is 9.98. The number of rotatable bonds is 7. The molecule has 0 spiro atoms. The van der Waals surface area contributed by atoms with Gasteiger partial charge in [0, 0.05) is 12.1 Å². The molecule has 0 amide bonds. The molecule has 2 unspecified atom stereocenters. The summed E-state index contributed by atoms with van der Waals surface area (Å²) in [7, 11) is 2.17. The lowest BCUT2D eigenvalue weighted by Crippen LogP contribution is -2.59. The molecule has 0 aliphatic carbocycles. The summed E-state index contributed by atoms with van der Waals surface area (Å²) in [5.41, 5.74) is 0.820. The van der Waals surface area contributed by atoms with Crippen molar-refractivity contribution in [2.24, 2.45) is 0 Å². The highest BCUT2D eigenvalue weighted by atomic mass is 16.7. The largest absolute Gasteiger partial charge is 0.462 e. The lowest BCUT2D eigenvalue weighted by Gasteiger charge is -2.36. The molecule has 3 heterocycles. The number of aliphatic hydroxyl groups excluding tert-OH is 1. The van der Waals surface area contributed by atoms with E-state index in [4.69, 9.17) is 4.74 Å². The second-order valence-corrected chi connectivity index (χ2v) is 8.88. The van der Waals surface area contributed by atoms with E-state index in [1.165, 1.54) is 12.8 Å². The number of ether oxygens (including phenoxy) is 1. The van der Waals surface area contributed by atoms with Crippen LogP contribution in [-0.2, 0) is 9.53 Å². The molecule has 1 N–H and O–H groups in total. The number of hydrogen-bond acceptors (Lipinski definition) is 10. The molecule has 3 aliphatic heterocycles. The van der Waals surface area contributed by atoms with Crippen molar-refractivity contribution >= 4 is 5.97 Å². The van der Waals surface area contributed by atoms with Crippen LogP contribution in [0.15, 0.2) is 30.3 Å². The summed E-state index contributed by atoms with van der Waals surface area (Å²) in [6.45, 7) is -1.98. The monoisotopic (exact) mass is 511 g/mol. The van der Waals surface area contributed by atoms with Crippen molar-refractivity contribution in [1.29, 1.82) is 0 Å². The van der Waals surface area contributed by atoms with Crippen molar-refractivity contribution < 1.29 is 29.7 Å². The quantitative estimate of drug-likeness (QED) is 0.299. The first-order valence-corrected chi connectivity index (χ1v) is 11.4. The van der Waals surface area contributed by atoms with Crippen LogP contribution in [0.2, 0.25) is 0 Å². The molecule has 198 valence electrons. The van der Waals surface area contributed by atoms with E-state index < -0.39 is 41.0 Å². The Bertz CT molecular complexity index is 885. The third-order valence-electron chi connectivity index (χ3n) is 6.68. The molecule has 3 aliphatic rings. The van der Waals surface area contributed by atoms with Gasteiger partial charge in [0.25, 0.3) is 0 Å². The first kappa shape index (κ1) is 26.8. The SMILES string of the molecule is CN1[C@@H]2CC[C@H]1CC(OC(=O)C(CO)c1ccccc1)C2.O=[N+]([O-])N1CN([N+](=O)[O-])CN([N+](=O)[O-])C1. The van der Waals surface area contributed by atoms with Gasteiger partial charge < -0.3 is 14.7 Å². The minimum atomic E-state index is -0.924. The normalized spacial score (nSPS) is 24.4. The summed E-state index contributed by atoms with van der Waals surface area (Å²) >= 11 is 0. The van der Waals surface area contributed by atoms with Crippen LogP contribution in [0.25, 0.3) is 0 Å². The fraction of sp³-hybridized carbons (Fsp3) is 0.650. The molecule has 0 aromatic heterocycles. The van der Waals surface area contributed by atoms with Crippen LogP contribution in [0.5, 0.6) is 0 Å². The predicted molar refractivity (Wildman–Crippen MR) is 121 cm³/mol. The predicted octanol–water partition coefficient (Wildman–Crippen LogP) is 0.285. The van der Waals surface area contributed by atoms with E-state index in [0.717, 1.165) is 18.4 Å². The van der Waals surface area contributed by atoms with Gasteiger partial charge in [-0.15, -0.1) is 0 Å². The van der Waals surface area contributed by atoms with E-state index in [0.29, 0.717) is 27.1 Å². The molecule has 16 nitrogen and oxygen atoms in total. The number of carbonyl (C=O) groups is 1. The number of carbonyl (C=O) groups excluding carboxylic acids is 1. The standard InChI is InChI=1S/C17H23NO3.C3H6N6O6/c1-18-13-7-8-14(18)10-15(9-13)21-17(20)16(11-19)12-5-3-2-4-6-12;10-7(11)4-1-5(8(12)13)3-6(2-4)9(14)15/h2-6,13-16,19H,7-11H2,1H3;1-3H2/t13-,14+,15?,16?;. The van der Waals surface area contributed by atoms with Gasteiger partial charge in [0.05, 0.1) is 6.61 Å². The van der Waals surface area contributed by atoms with Crippen molar-refractivity contribution in [2.45, 2.75) is 49.8 Å². The highest BCUT2D eigenvalue weighted by Gasteiger charge is 2.41. The highest BCUT2D eigenvalue weighted by molar-refractivity contribution is 5.78. The Morgan fingerprint density at radius 3 is 1.78 bits per heavy atom. The van der Waals surface area contributed by atoms with Gasteiger partial charge >= 0.3 is 5.97 Å². The Morgan fingerprint density at radius 2 is 1.39 bits per heavy atom. The molecule has 1 aromatic carbocycles. The van der Waals surface area contributed by atoms with Crippen LogP contribution >= 0.6 is 0 Å². The Hall–Kier alpha value is -3.79. The van der Waals surface area contributed by atoms with Crippen LogP contribution < -0.4 is 0 Å². The lowest BCUT2D eigenvalue weighted by molar-refractivity contribution is -0.775. The second-order valence-electron chi connectivity index (χ2n) is 8.88. The van der Waals surface area contributed by atoms with E-state index >= 15 is 0 Å². The average Bonchev–Trinajstić information content (AvgIpc) is 3.05. The molecule has 0 radical (unpaired) electrons. The zero-order chi connectivity index (χ0) is 26.4. The number of esters is 1. The zero-order valence-electron chi connectivity index (χ0n) is 19.7. The maximum absolute atomic E-state index is 12.4. The van der Waals surface area contributed by atoms with Crippen LogP contribution in [0, 0.1) is 30.3 Å². The molecule has 4 rings (SSSR count). The van der Waals surface area contributed by atoms with Gasteiger partial charge in [-0.25, -0.2) is 30.3 Å². The van der Waals surface area contributed by atoms with Crippen LogP contribution in [0.1, 0.15) is 37.2 Å². The zero-order valence-corrected chi connectivity index (χ0v) is 19.7.